The summed E-state index contributed by atoms with van der Waals surface area (Å²) < 4.78 is 6.53. The van der Waals surface area contributed by atoms with Crippen LogP contribution in [0.5, 0.6) is 5.75 Å². The van der Waals surface area contributed by atoms with E-state index in [1.807, 2.05) is 31.2 Å². The second-order valence-electron chi connectivity index (χ2n) is 8.39. The standard InChI is InChI=1S/C25H30BrClN2O3/c1-17-7-6-8-19(13-17)15-29(18(2)25(31)28-21-9-4-3-5-10-21)24(30)16-32-23-12-11-20(26)14-22(23)27/h6-8,11-14,18,21H,3-5,9-10,15-16H2,1-2H3,(H,28,31)/t18-/m0/s1. The van der Waals surface area contributed by atoms with Crippen molar-refractivity contribution in [2.24, 2.45) is 0 Å². The highest BCUT2D eigenvalue weighted by Gasteiger charge is 2.28. The molecule has 1 aliphatic carbocycles. The summed E-state index contributed by atoms with van der Waals surface area (Å²) in [5.74, 6) is 0.0365. The van der Waals surface area contributed by atoms with Crippen molar-refractivity contribution in [2.45, 2.75) is 64.6 Å². The lowest BCUT2D eigenvalue weighted by atomic mass is 9.95. The number of carbonyl (C=O) groups is 2. The maximum Gasteiger partial charge on any atom is 0.261 e. The van der Waals surface area contributed by atoms with E-state index in [1.54, 1.807) is 30.0 Å². The van der Waals surface area contributed by atoms with Crippen LogP contribution in [0.2, 0.25) is 5.02 Å². The van der Waals surface area contributed by atoms with Crippen LogP contribution < -0.4 is 10.1 Å². The molecule has 5 nitrogen and oxygen atoms in total. The number of aryl methyl sites for hydroxylation is 1. The van der Waals surface area contributed by atoms with Crippen molar-refractivity contribution in [3.05, 3.63) is 63.1 Å². The summed E-state index contributed by atoms with van der Waals surface area (Å²) in [6.45, 7) is 3.91. The maximum atomic E-state index is 13.2. The third-order valence-electron chi connectivity index (χ3n) is 5.80. The molecule has 2 aromatic rings. The first-order valence-electron chi connectivity index (χ1n) is 11.1. The highest BCUT2D eigenvalue weighted by Crippen LogP contribution is 2.28. The molecule has 1 aliphatic rings. The first-order valence-corrected chi connectivity index (χ1v) is 12.2. The summed E-state index contributed by atoms with van der Waals surface area (Å²) in [6, 6.07) is 12.8. The first-order chi connectivity index (χ1) is 15.3. The molecule has 2 amide bonds. The Labute approximate surface area is 203 Å². The molecule has 2 aromatic carbocycles. The molecule has 0 heterocycles. The van der Waals surface area contributed by atoms with Gasteiger partial charge >= 0.3 is 0 Å². The van der Waals surface area contributed by atoms with Crippen LogP contribution in [0.1, 0.15) is 50.2 Å². The fourth-order valence-corrected chi connectivity index (χ4v) is 4.70. The highest BCUT2D eigenvalue weighted by atomic mass is 79.9. The Kier molecular flexibility index (Phi) is 9.00. The van der Waals surface area contributed by atoms with Gasteiger partial charge in [-0.05, 0) is 50.5 Å². The second kappa shape index (κ2) is 11.7. The van der Waals surface area contributed by atoms with Gasteiger partial charge in [-0.3, -0.25) is 9.59 Å². The van der Waals surface area contributed by atoms with Gasteiger partial charge in [0.25, 0.3) is 5.91 Å². The van der Waals surface area contributed by atoms with Crippen LogP contribution in [0.3, 0.4) is 0 Å². The average molecular weight is 522 g/mol. The highest BCUT2D eigenvalue weighted by molar-refractivity contribution is 9.10. The molecule has 0 saturated heterocycles. The quantitative estimate of drug-likeness (QED) is 0.488. The zero-order chi connectivity index (χ0) is 23.1. The summed E-state index contributed by atoms with van der Waals surface area (Å²) in [5, 5.41) is 3.56. The van der Waals surface area contributed by atoms with Crippen LogP contribution in [0.15, 0.2) is 46.9 Å². The Balaban J connectivity index is 1.72. The maximum absolute atomic E-state index is 13.2. The fraction of sp³-hybridized carbons (Fsp3) is 0.440. The molecule has 1 fully saturated rings. The summed E-state index contributed by atoms with van der Waals surface area (Å²) >= 11 is 9.58. The smallest absolute Gasteiger partial charge is 0.261 e. The lowest BCUT2D eigenvalue weighted by Gasteiger charge is -2.31. The molecule has 0 spiro atoms. The number of carbonyl (C=O) groups excluding carboxylic acids is 2. The predicted molar refractivity (Wildman–Crippen MR) is 131 cm³/mol. The number of ether oxygens (including phenoxy) is 1. The van der Waals surface area contributed by atoms with E-state index >= 15 is 0 Å². The Morgan fingerprint density at radius 2 is 1.94 bits per heavy atom. The van der Waals surface area contributed by atoms with E-state index in [0.29, 0.717) is 17.3 Å². The first kappa shape index (κ1) is 24.6. The number of halogens is 2. The number of nitrogens with one attached hydrogen (secondary N) is 1. The van der Waals surface area contributed by atoms with Crippen molar-refractivity contribution in [1.82, 2.24) is 10.2 Å². The van der Waals surface area contributed by atoms with Gasteiger partial charge in [0.15, 0.2) is 6.61 Å². The molecular weight excluding hydrogens is 492 g/mol. The lowest BCUT2D eigenvalue weighted by molar-refractivity contribution is -0.142. The number of amides is 2. The topological polar surface area (TPSA) is 58.6 Å². The molecule has 1 atom stereocenters. The lowest BCUT2D eigenvalue weighted by Crippen LogP contribution is -2.51. The third kappa shape index (κ3) is 6.97. The normalized spacial score (nSPS) is 15.1. The van der Waals surface area contributed by atoms with Gasteiger partial charge in [-0.2, -0.15) is 0 Å². The molecule has 0 bridgehead atoms. The van der Waals surface area contributed by atoms with Gasteiger partial charge in [0, 0.05) is 17.1 Å². The predicted octanol–water partition coefficient (Wildman–Crippen LogP) is 5.66. The van der Waals surface area contributed by atoms with E-state index in [4.69, 9.17) is 16.3 Å². The molecule has 3 rings (SSSR count). The molecule has 0 aliphatic heterocycles. The number of hydrogen-bond donors (Lipinski definition) is 1. The van der Waals surface area contributed by atoms with Crippen LogP contribution in [0.25, 0.3) is 0 Å². The summed E-state index contributed by atoms with van der Waals surface area (Å²) in [6.07, 6.45) is 5.47. The Hall–Kier alpha value is -2.05. The fourth-order valence-electron chi connectivity index (χ4n) is 3.97. The van der Waals surface area contributed by atoms with Gasteiger partial charge in [-0.1, -0.05) is 76.6 Å². The summed E-state index contributed by atoms with van der Waals surface area (Å²) in [4.78, 5) is 27.8. The van der Waals surface area contributed by atoms with E-state index in [9.17, 15) is 9.59 Å². The van der Waals surface area contributed by atoms with E-state index < -0.39 is 6.04 Å². The van der Waals surface area contributed by atoms with E-state index in [2.05, 4.69) is 21.2 Å². The van der Waals surface area contributed by atoms with Gasteiger partial charge in [0.05, 0.1) is 5.02 Å². The summed E-state index contributed by atoms with van der Waals surface area (Å²) in [7, 11) is 0. The van der Waals surface area contributed by atoms with Gasteiger partial charge in [-0.15, -0.1) is 0 Å². The van der Waals surface area contributed by atoms with E-state index in [-0.39, 0.29) is 24.5 Å². The monoisotopic (exact) mass is 520 g/mol. The molecule has 32 heavy (non-hydrogen) atoms. The molecular formula is C25H30BrClN2O3. The van der Waals surface area contributed by atoms with Crippen molar-refractivity contribution in [3.8, 4) is 5.75 Å². The third-order valence-corrected chi connectivity index (χ3v) is 6.59. The number of benzene rings is 2. The van der Waals surface area contributed by atoms with E-state index in [0.717, 1.165) is 41.3 Å². The molecule has 0 radical (unpaired) electrons. The van der Waals surface area contributed by atoms with Crippen molar-refractivity contribution >= 4 is 39.3 Å². The summed E-state index contributed by atoms with van der Waals surface area (Å²) in [5.41, 5.74) is 2.07. The van der Waals surface area contributed by atoms with Crippen LogP contribution >= 0.6 is 27.5 Å². The zero-order valence-corrected chi connectivity index (χ0v) is 20.9. The molecule has 172 valence electrons. The Bertz CT molecular complexity index is 947. The van der Waals surface area contributed by atoms with Crippen LogP contribution in [-0.2, 0) is 16.1 Å². The van der Waals surface area contributed by atoms with Crippen LogP contribution in [-0.4, -0.2) is 35.4 Å². The minimum Gasteiger partial charge on any atom is -0.482 e. The average Bonchev–Trinajstić information content (AvgIpc) is 2.77. The minimum absolute atomic E-state index is 0.125. The SMILES string of the molecule is Cc1cccc(CN(C(=O)COc2ccc(Br)cc2Cl)[C@@H](C)C(=O)NC2CCCCC2)c1. The van der Waals surface area contributed by atoms with Gasteiger partial charge in [0.2, 0.25) is 5.91 Å². The molecule has 1 saturated carbocycles. The number of rotatable bonds is 8. The van der Waals surface area contributed by atoms with Crippen molar-refractivity contribution < 1.29 is 14.3 Å². The van der Waals surface area contributed by atoms with Gasteiger partial charge in [0.1, 0.15) is 11.8 Å². The number of hydrogen-bond acceptors (Lipinski definition) is 3. The zero-order valence-electron chi connectivity index (χ0n) is 18.6. The minimum atomic E-state index is -0.617. The van der Waals surface area contributed by atoms with Crippen molar-refractivity contribution in [2.75, 3.05) is 6.61 Å². The van der Waals surface area contributed by atoms with Gasteiger partial charge in [-0.25, -0.2) is 0 Å². The van der Waals surface area contributed by atoms with Crippen molar-refractivity contribution in [1.29, 1.82) is 0 Å². The Morgan fingerprint density at radius 1 is 1.19 bits per heavy atom. The molecule has 0 unspecified atom stereocenters. The molecule has 7 heteroatoms. The number of nitrogens with zero attached hydrogens (tertiary/aromatic N) is 1. The van der Waals surface area contributed by atoms with Crippen LogP contribution in [0, 0.1) is 6.92 Å². The van der Waals surface area contributed by atoms with E-state index in [1.165, 1.54) is 6.42 Å². The van der Waals surface area contributed by atoms with Crippen molar-refractivity contribution in [3.63, 3.8) is 0 Å². The Morgan fingerprint density at radius 3 is 2.62 bits per heavy atom. The van der Waals surface area contributed by atoms with Crippen LogP contribution in [0.4, 0.5) is 0 Å². The molecule has 1 N–H and O–H groups in total. The molecule has 0 aromatic heterocycles. The van der Waals surface area contributed by atoms with Gasteiger partial charge < -0.3 is 15.0 Å². The largest absolute Gasteiger partial charge is 0.482 e. The second-order valence-corrected chi connectivity index (χ2v) is 9.72.